The number of aromatic nitrogens is 1. The van der Waals surface area contributed by atoms with Crippen LogP contribution >= 0.6 is 36.2 Å². The molecular formula is C14H25Cl2N3OS. The van der Waals surface area contributed by atoms with Gasteiger partial charge >= 0.3 is 0 Å². The van der Waals surface area contributed by atoms with E-state index >= 15 is 0 Å². The molecule has 0 radical (unpaired) electrons. The van der Waals surface area contributed by atoms with Gasteiger partial charge in [0, 0.05) is 19.5 Å². The van der Waals surface area contributed by atoms with Gasteiger partial charge in [0.05, 0.1) is 21.6 Å². The molecule has 0 fully saturated rings. The number of hydrogen-bond donors (Lipinski definition) is 1. The van der Waals surface area contributed by atoms with Crippen molar-refractivity contribution in [2.24, 2.45) is 5.73 Å². The predicted octanol–water partition coefficient (Wildman–Crippen LogP) is 3.26. The summed E-state index contributed by atoms with van der Waals surface area (Å²) in [7, 11) is 1.92. The minimum absolute atomic E-state index is 0. The highest BCUT2D eigenvalue weighted by atomic mass is 35.5. The van der Waals surface area contributed by atoms with Crippen molar-refractivity contribution in [3.8, 4) is 0 Å². The first-order valence-corrected chi connectivity index (χ1v) is 7.78. The molecule has 0 aromatic carbocycles. The Kier molecular flexibility index (Phi) is 8.78. The lowest BCUT2D eigenvalue weighted by Crippen LogP contribution is -2.33. The number of aryl methyl sites for hydroxylation is 2. The zero-order valence-corrected chi connectivity index (χ0v) is 15.2. The van der Waals surface area contributed by atoms with Gasteiger partial charge in [-0.2, -0.15) is 0 Å². The summed E-state index contributed by atoms with van der Waals surface area (Å²) in [5.74, 6) is 0.196. The molecule has 7 heteroatoms. The van der Waals surface area contributed by atoms with Crippen molar-refractivity contribution in [2.45, 2.75) is 58.0 Å². The third kappa shape index (κ3) is 5.09. The molecule has 1 amide bonds. The summed E-state index contributed by atoms with van der Waals surface area (Å²) in [6, 6.07) is 0.306. The number of amides is 1. The largest absolute Gasteiger partial charge is 0.338 e. The maximum Gasteiger partial charge on any atom is 0.222 e. The fraction of sp³-hybridized carbons (Fsp3) is 0.714. The molecule has 1 aromatic rings. The zero-order chi connectivity index (χ0) is 14.0. The highest BCUT2D eigenvalue weighted by Gasteiger charge is 2.29. The first-order chi connectivity index (χ1) is 8.99. The van der Waals surface area contributed by atoms with Crippen LogP contribution in [0.4, 0.5) is 0 Å². The Labute approximate surface area is 143 Å². The molecule has 122 valence electrons. The smallest absolute Gasteiger partial charge is 0.222 e. The van der Waals surface area contributed by atoms with Gasteiger partial charge in [-0.05, 0) is 39.5 Å². The van der Waals surface area contributed by atoms with E-state index in [-0.39, 0.29) is 42.8 Å². The number of fused-ring (bicyclic) bond motifs is 1. The third-order valence-electron chi connectivity index (χ3n) is 3.70. The Morgan fingerprint density at radius 3 is 2.81 bits per heavy atom. The third-order valence-corrected chi connectivity index (χ3v) is 4.82. The van der Waals surface area contributed by atoms with Gasteiger partial charge in [-0.3, -0.25) is 4.79 Å². The molecule has 1 aliphatic carbocycles. The molecule has 2 N–H and O–H groups in total. The second-order valence-electron chi connectivity index (χ2n) is 5.47. The molecule has 0 spiro atoms. The Morgan fingerprint density at radius 2 is 2.19 bits per heavy atom. The molecule has 0 aliphatic heterocycles. The molecular weight excluding hydrogens is 329 g/mol. The second kappa shape index (κ2) is 8.93. The minimum Gasteiger partial charge on any atom is -0.338 e. The van der Waals surface area contributed by atoms with Gasteiger partial charge in [-0.25, -0.2) is 4.98 Å². The topological polar surface area (TPSA) is 59.2 Å². The predicted molar refractivity (Wildman–Crippen MR) is 92.7 cm³/mol. The van der Waals surface area contributed by atoms with Crippen molar-refractivity contribution < 1.29 is 4.79 Å². The van der Waals surface area contributed by atoms with Gasteiger partial charge in [0.2, 0.25) is 5.91 Å². The van der Waals surface area contributed by atoms with Gasteiger partial charge < -0.3 is 10.6 Å². The van der Waals surface area contributed by atoms with E-state index < -0.39 is 0 Å². The zero-order valence-electron chi connectivity index (χ0n) is 12.8. The fourth-order valence-corrected chi connectivity index (χ4v) is 3.74. The summed E-state index contributed by atoms with van der Waals surface area (Å²) in [4.78, 5) is 20.0. The lowest BCUT2D eigenvalue weighted by molar-refractivity contribution is -0.132. The van der Waals surface area contributed by atoms with Crippen molar-refractivity contribution in [3.63, 3.8) is 0 Å². The Hall–Kier alpha value is -0.360. The van der Waals surface area contributed by atoms with Crippen LogP contribution in [0, 0.1) is 6.92 Å². The Bertz CT molecular complexity index is 465. The summed E-state index contributed by atoms with van der Waals surface area (Å²) in [5.41, 5.74) is 6.92. The summed E-state index contributed by atoms with van der Waals surface area (Å²) < 4.78 is 0. The van der Waals surface area contributed by atoms with E-state index in [0.29, 0.717) is 6.42 Å². The molecule has 0 saturated carbocycles. The van der Waals surface area contributed by atoms with E-state index in [2.05, 4.69) is 4.98 Å². The normalized spacial score (nSPS) is 18.0. The number of hydrogen-bond acceptors (Lipinski definition) is 4. The van der Waals surface area contributed by atoms with Crippen molar-refractivity contribution >= 4 is 42.1 Å². The SMILES string of the molecule is Cc1nc2c(s1)C(N(C)C(=O)CCC(C)N)CCC2.Cl.Cl. The second-order valence-corrected chi connectivity index (χ2v) is 6.71. The standard InChI is InChI=1S/C14H23N3OS.2ClH/c1-9(15)7-8-13(18)17(3)12-6-4-5-11-14(12)19-10(2)16-11;;/h9,12H,4-8,15H2,1-3H3;2*1H. The van der Waals surface area contributed by atoms with E-state index in [9.17, 15) is 4.79 Å². The van der Waals surface area contributed by atoms with Crippen LogP contribution in [-0.4, -0.2) is 28.9 Å². The maximum absolute atomic E-state index is 12.2. The van der Waals surface area contributed by atoms with Crippen LogP contribution in [0.25, 0.3) is 0 Å². The molecule has 0 saturated heterocycles. The van der Waals surface area contributed by atoms with Crippen LogP contribution in [0.2, 0.25) is 0 Å². The lowest BCUT2D eigenvalue weighted by Gasteiger charge is -2.31. The number of carbonyl (C=O) groups excluding carboxylic acids is 1. The number of carbonyl (C=O) groups is 1. The quantitative estimate of drug-likeness (QED) is 0.903. The van der Waals surface area contributed by atoms with Gasteiger partial charge in [-0.1, -0.05) is 0 Å². The van der Waals surface area contributed by atoms with Crippen LogP contribution < -0.4 is 5.73 Å². The Balaban J connectivity index is 0.00000200. The molecule has 1 aliphatic rings. The number of nitrogens with two attached hydrogens (primary N) is 1. The van der Waals surface area contributed by atoms with Crippen LogP contribution in [0.3, 0.4) is 0 Å². The van der Waals surface area contributed by atoms with Crippen LogP contribution in [0.5, 0.6) is 0 Å². The monoisotopic (exact) mass is 353 g/mol. The number of nitrogens with zero attached hydrogens (tertiary/aromatic N) is 2. The highest BCUT2D eigenvalue weighted by Crippen LogP contribution is 2.37. The number of halogens is 2. The van der Waals surface area contributed by atoms with Gasteiger partial charge in [0.1, 0.15) is 0 Å². The van der Waals surface area contributed by atoms with E-state index in [4.69, 9.17) is 5.73 Å². The molecule has 2 unspecified atom stereocenters. The van der Waals surface area contributed by atoms with Crippen molar-refractivity contribution in [1.29, 1.82) is 0 Å². The average Bonchev–Trinajstić information content (AvgIpc) is 2.74. The summed E-state index contributed by atoms with van der Waals surface area (Å²) in [6.07, 6.45) is 4.51. The van der Waals surface area contributed by atoms with E-state index in [0.717, 1.165) is 30.7 Å². The number of rotatable bonds is 4. The first-order valence-electron chi connectivity index (χ1n) is 6.96. The molecule has 2 atom stereocenters. The maximum atomic E-state index is 12.2. The van der Waals surface area contributed by atoms with E-state index in [1.165, 1.54) is 10.6 Å². The van der Waals surface area contributed by atoms with Crippen molar-refractivity contribution in [1.82, 2.24) is 9.88 Å². The van der Waals surface area contributed by atoms with Gasteiger partial charge in [-0.15, -0.1) is 36.2 Å². The van der Waals surface area contributed by atoms with Crippen LogP contribution in [0.1, 0.15) is 54.2 Å². The molecule has 1 heterocycles. The van der Waals surface area contributed by atoms with Gasteiger partial charge in [0.25, 0.3) is 0 Å². The lowest BCUT2D eigenvalue weighted by atomic mass is 9.96. The summed E-state index contributed by atoms with van der Waals surface area (Å²) in [6.45, 7) is 3.98. The molecule has 2 rings (SSSR count). The highest BCUT2D eigenvalue weighted by molar-refractivity contribution is 7.11. The summed E-state index contributed by atoms with van der Waals surface area (Å²) in [5, 5.41) is 1.10. The van der Waals surface area contributed by atoms with Crippen molar-refractivity contribution in [2.75, 3.05) is 7.05 Å². The van der Waals surface area contributed by atoms with Crippen LogP contribution in [0.15, 0.2) is 0 Å². The fourth-order valence-electron chi connectivity index (χ4n) is 2.59. The summed E-state index contributed by atoms with van der Waals surface area (Å²) >= 11 is 1.74. The molecule has 0 bridgehead atoms. The molecule has 21 heavy (non-hydrogen) atoms. The Morgan fingerprint density at radius 1 is 1.52 bits per heavy atom. The minimum atomic E-state index is 0. The van der Waals surface area contributed by atoms with Gasteiger partial charge in [0.15, 0.2) is 0 Å². The first kappa shape index (κ1) is 20.6. The molecule has 4 nitrogen and oxygen atoms in total. The van der Waals surface area contributed by atoms with Crippen LogP contribution in [-0.2, 0) is 11.2 Å². The average molecular weight is 354 g/mol. The number of thiazole rings is 1. The van der Waals surface area contributed by atoms with E-state index in [1.54, 1.807) is 11.3 Å². The van der Waals surface area contributed by atoms with E-state index in [1.807, 2.05) is 25.8 Å². The molecule has 1 aromatic heterocycles. The van der Waals surface area contributed by atoms with Crippen molar-refractivity contribution in [3.05, 3.63) is 15.6 Å².